The molecule has 3 rings (SSSR count). The Morgan fingerprint density at radius 1 is 1.32 bits per heavy atom. The van der Waals surface area contributed by atoms with E-state index >= 15 is 0 Å². The second kappa shape index (κ2) is 5.37. The Bertz CT molecular complexity index is 442. The molecule has 0 atom stereocenters. The third-order valence-corrected chi connectivity index (χ3v) is 4.63. The maximum absolute atomic E-state index is 11.9. The number of nitrogens with one attached hydrogen (secondary N) is 2. The minimum Gasteiger partial charge on any atom is -0.348 e. The number of hydrogen-bond acceptors (Lipinski definition) is 2. The van der Waals surface area contributed by atoms with Crippen molar-refractivity contribution in [2.75, 3.05) is 25.5 Å². The molecule has 1 aromatic heterocycles. The third-order valence-electron chi connectivity index (χ3n) is 4.63. The molecular formula is C15H23N3O. The van der Waals surface area contributed by atoms with Gasteiger partial charge in [0.1, 0.15) is 5.82 Å². The van der Waals surface area contributed by atoms with E-state index < -0.39 is 0 Å². The fourth-order valence-electron chi connectivity index (χ4n) is 2.97. The summed E-state index contributed by atoms with van der Waals surface area (Å²) in [6.45, 7) is 2.33. The summed E-state index contributed by atoms with van der Waals surface area (Å²) in [6, 6.07) is 2.12. The normalized spacial score (nSPS) is 22.2. The molecule has 0 spiro atoms. The van der Waals surface area contributed by atoms with Crippen LogP contribution >= 0.6 is 0 Å². The second-order valence-electron chi connectivity index (χ2n) is 6.04. The lowest BCUT2D eigenvalue weighted by Gasteiger charge is -2.28. The van der Waals surface area contributed by atoms with Gasteiger partial charge in [0, 0.05) is 12.1 Å². The predicted octanol–water partition coefficient (Wildman–Crippen LogP) is 2.56. The van der Waals surface area contributed by atoms with Gasteiger partial charge in [-0.25, -0.2) is 0 Å². The number of nitrogens with zero attached hydrogens (tertiary/aromatic N) is 1. The molecule has 1 aromatic rings. The number of carbonyl (C=O) groups excluding carboxylic acids is 1. The monoisotopic (exact) mass is 261 g/mol. The predicted molar refractivity (Wildman–Crippen MR) is 76.2 cm³/mol. The Hall–Kier alpha value is -1.29. The molecule has 0 radical (unpaired) electrons. The molecule has 1 amide bonds. The van der Waals surface area contributed by atoms with Gasteiger partial charge >= 0.3 is 0 Å². The first kappa shape index (κ1) is 12.7. The Morgan fingerprint density at radius 3 is 2.68 bits per heavy atom. The molecule has 2 fully saturated rings. The van der Waals surface area contributed by atoms with Crippen LogP contribution in [-0.2, 0) is 4.79 Å². The number of H-pyrrole nitrogens is 1. The van der Waals surface area contributed by atoms with Crippen molar-refractivity contribution in [3.8, 4) is 0 Å². The summed E-state index contributed by atoms with van der Waals surface area (Å²) in [7, 11) is 2.18. The maximum Gasteiger partial charge on any atom is 0.228 e. The van der Waals surface area contributed by atoms with Gasteiger partial charge in [0.15, 0.2) is 0 Å². The van der Waals surface area contributed by atoms with E-state index in [1.54, 1.807) is 0 Å². The maximum atomic E-state index is 11.9. The number of aromatic nitrogens is 1. The van der Waals surface area contributed by atoms with Crippen molar-refractivity contribution < 1.29 is 4.79 Å². The zero-order valence-electron chi connectivity index (χ0n) is 11.6. The van der Waals surface area contributed by atoms with Crippen molar-refractivity contribution in [3.63, 3.8) is 0 Å². The van der Waals surface area contributed by atoms with E-state index in [0.29, 0.717) is 5.92 Å². The van der Waals surface area contributed by atoms with Crippen molar-refractivity contribution >= 4 is 11.7 Å². The minimum absolute atomic E-state index is 0.183. The van der Waals surface area contributed by atoms with E-state index in [0.717, 1.165) is 18.7 Å². The molecule has 2 N–H and O–H groups in total. The standard InChI is InChI=1S/C15H23N3O/c1-18-7-5-11(6-8-18)13-9-14(16-10-13)17-15(19)12-3-2-4-12/h9-12,16H,2-8H2,1H3,(H,17,19). The molecule has 1 saturated heterocycles. The SMILES string of the molecule is CN1CCC(c2c[nH]c(NC(=O)C3CCC3)c2)CC1. The molecule has 4 heteroatoms. The van der Waals surface area contributed by atoms with Crippen LogP contribution in [0, 0.1) is 5.92 Å². The first-order valence-corrected chi connectivity index (χ1v) is 7.40. The van der Waals surface area contributed by atoms with Gasteiger partial charge in [-0.15, -0.1) is 0 Å². The third kappa shape index (κ3) is 2.84. The highest BCUT2D eigenvalue weighted by atomic mass is 16.2. The molecule has 19 heavy (non-hydrogen) atoms. The van der Waals surface area contributed by atoms with Crippen LogP contribution in [0.3, 0.4) is 0 Å². The number of rotatable bonds is 3. The van der Waals surface area contributed by atoms with Crippen molar-refractivity contribution in [1.82, 2.24) is 9.88 Å². The Labute approximate surface area is 114 Å². The molecule has 1 saturated carbocycles. The Balaban J connectivity index is 1.58. The van der Waals surface area contributed by atoms with Crippen molar-refractivity contribution in [2.24, 2.45) is 5.92 Å². The summed E-state index contributed by atoms with van der Waals surface area (Å²) >= 11 is 0. The van der Waals surface area contributed by atoms with Crippen LogP contribution in [0.1, 0.15) is 43.6 Å². The van der Waals surface area contributed by atoms with Crippen LogP contribution in [0.25, 0.3) is 0 Å². The molecule has 104 valence electrons. The zero-order chi connectivity index (χ0) is 13.2. The van der Waals surface area contributed by atoms with Crippen molar-refractivity contribution in [3.05, 3.63) is 17.8 Å². The lowest BCUT2D eigenvalue weighted by molar-refractivity contribution is -0.122. The second-order valence-corrected chi connectivity index (χ2v) is 6.04. The molecule has 2 heterocycles. The molecule has 0 unspecified atom stereocenters. The topological polar surface area (TPSA) is 48.1 Å². The first-order chi connectivity index (χ1) is 9.22. The van der Waals surface area contributed by atoms with Gasteiger partial charge in [0.2, 0.25) is 5.91 Å². The summed E-state index contributed by atoms with van der Waals surface area (Å²) in [4.78, 5) is 17.5. The van der Waals surface area contributed by atoms with Gasteiger partial charge in [-0.05, 0) is 63.4 Å². The smallest absolute Gasteiger partial charge is 0.228 e. The van der Waals surface area contributed by atoms with Gasteiger partial charge in [0.05, 0.1) is 0 Å². The molecule has 4 nitrogen and oxygen atoms in total. The van der Waals surface area contributed by atoms with E-state index in [4.69, 9.17) is 0 Å². The number of aromatic amines is 1. The Kier molecular flexibility index (Phi) is 3.60. The summed E-state index contributed by atoms with van der Waals surface area (Å²) < 4.78 is 0. The summed E-state index contributed by atoms with van der Waals surface area (Å²) in [5.74, 6) is 1.94. The average molecular weight is 261 g/mol. The summed E-state index contributed by atoms with van der Waals surface area (Å²) in [6.07, 6.45) is 7.79. The highest BCUT2D eigenvalue weighted by Gasteiger charge is 2.26. The molecule has 2 aliphatic rings. The van der Waals surface area contributed by atoms with Crippen molar-refractivity contribution in [2.45, 2.75) is 38.0 Å². The van der Waals surface area contributed by atoms with Gasteiger partial charge in [-0.3, -0.25) is 4.79 Å². The fourth-order valence-corrected chi connectivity index (χ4v) is 2.97. The lowest BCUT2D eigenvalue weighted by atomic mass is 9.85. The molecule has 1 aliphatic heterocycles. The first-order valence-electron chi connectivity index (χ1n) is 7.40. The van der Waals surface area contributed by atoms with Crippen LogP contribution in [0.2, 0.25) is 0 Å². The number of likely N-dealkylation sites (tertiary alicyclic amines) is 1. The van der Waals surface area contributed by atoms with E-state index in [1.807, 2.05) is 0 Å². The number of amides is 1. The van der Waals surface area contributed by atoms with E-state index in [2.05, 4.69) is 34.5 Å². The fraction of sp³-hybridized carbons (Fsp3) is 0.667. The number of anilines is 1. The number of piperidine rings is 1. The highest BCUT2D eigenvalue weighted by Crippen LogP contribution is 2.30. The molecular weight excluding hydrogens is 238 g/mol. The van der Waals surface area contributed by atoms with Crippen LogP contribution in [-0.4, -0.2) is 35.9 Å². The molecule has 1 aliphatic carbocycles. The summed E-state index contributed by atoms with van der Waals surface area (Å²) in [5.41, 5.74) is 1.34. The molecule has 0 aromatic carbocycles. The van der Waals surface area contributed by atoms with Gasteiger partial charge in [-0.2, -0.15) is 0 Å². The zero-order valence-corrected chi connectivity index (χ0v) is 11.6. The van der Waals surface area contributed by atoms with Gasteiger partial charge < -0.3 is 15.2 Å². The minimum atomic E-state index is 0.183. The van der Waals surface area contributed by atoms with Crippen LogP contribution in [0.15, 0.2) is 12.3 Å². The van der Waals surface area contributed by atoms with Crippen LogP contribution in [0.4, 0.5) is 5.82 Å². The van der Waals surface area contributed by atoms with E-state index in [1.165, 1.54) is 37.9 Å². The molecule has 0 bridgehead atoms. The summed E-state index contributed by atoms with van der Waals surface area (Å²) in [5, 5.41) is 3.01. The lowest BCUT2D eigenvalue weighted by Crippen LogP contribution is -2.29. The van der Waals surface area contributed by atoms with Crippen LogP contribution < -0.4 is 5.32 Å². The Morgan fingerprint density at radius 2 is 2.05 bits per heavy atom. The van der Waals surface area contributed by atoms with E-state index in [9.17, 15) is 4.79 Å². The average Bonchev–Trinajstić information content (AvgIpc) is 2.76. The van der Waals surface area contributed by atoms with Gasteiger partial charge in [0.25, 0.3) is 0 Å². The van der Waals surface area contributed by atoms with Crippen LogP contribution in [0.5, 0.6) is 0 Å². The van der Waals surface area contributed by atoms with E-state index in [-0.39, 0.29) is 11.8 Å². The quantitative estimate of drug-likeness (QED) is 0.878. The van der Waals surface area contributed by atoms with Crippen molar-refractivity contribution in [1.29, 1.82) is 0 Å². The van der Waals surface area contributed by atoms with Gasteiger partial charge in [-0.1, -0.05) is 6.42 Å². The number of hydrogen-bond donors (Lipinski definition) is 2. The number of carbonyl (C=O) groups is 1. The largest absolute Gasteiger partial charge is 0.348 e. The highest BCUT2D eigenvalue weighted by molar-refractivity contribution is 5.92.